The summed E-state index contributed by atoms with van der Waals surface area (Å²) in [4.78, 5) is 1.96. The van der Waals surface area contributed by atoms with E-state index in [1.165, 1.54) is 12.1 Å². The summed E-state index contributed by atoms with van der Waals surface area (Å²) in [6, 6.07) is 11.8. The van der Waals surface area contributed by atoms with Crippen molar-refractivity contribution in [1.29, 1.82) is 0 Å². The quantitative estimate of drug-likeness (QED) is 0.637. The lowest BCUT2D eigenvalue weighted by Gasteiger charge is -2.20. The van der Waals surface area contributed by atoms with Gasteiger partial charge in [-0.1, -0.05) is 38.1 Å². The van der Waals surface area contributed by atoms with Crippen molar-refractivity contribution in [3.63, 3.8) is 0 Å². The number of rotatable bonds is 9. The highest BCUT2D eigenvalue weighted by Gasteiger charge is 2.18. The fraction of sp³-hybridized carbons (Fsp3) is 0.368. The maximum Gasteiger partial charge on any atom is 0.238 e. The summed E-state index contributed by atoms with van der Waals surface area (Å²) in [6.07, 6.45) is 1.04. The fourth-order valence-corrected chi connectivity index (χ4v) is 4.39. The largest absolute Gasteiger partial charge is 0.380 e. The Hall–Kier alpha value is -1.94. The lowest BCUT2D eigenvalue weighted by atomic mass is 10.1. The van der Waals surface area contributed by atoms with Crippen molar-refractivity contribution in [1.82, 2.24) is 4.90 Å². The molecule has 0 aliphatic carbocycles. The van der Waals surface area contributed by atoms with Gasteiger partial charge >= 0.3 is 0 Å². The number of nitrogens with one attached hydrogen (secondary N) is 1. The van der Waals surface area contributed by atoms with Gasteiger partial charge in [0.15, 0.2) is 9.84 Å². The average molecular weight is 426 g/mol. The van der Waals surface area contributed by atoms with Gasteiger partial charge in [0.05, 0.1) is 15.5 Å². The van der Waals surface area contributed by atoms with Crippen LogP contribution >= 0.6 is 0 Å². The smallest absolute Gasteiger partial charge is 0.238 e. The van der Waals surface area contributed by atoms with Gasteiger partial charge in [0.25, 0.3) is 0 Å². The summed E-state index contributed by atoms with van der Waals surface area (Å²) >= 11 is 0. The molecule has 0 saturated carbocycles. The molecule has 2 aromatic carbocycles. The van der Waals surface area contributed by atoms with Gasteiger partial charge in [-0.3, -0.25) is 4.90 Å². The zero-order valence-electron chi connectivity index (χ0n) is 16.3. The minimum Gasteiger partial charge on any atom is -0.380 e. The Bertz CT molecular complexity index is 1030. The average Bonchev–Trinajstić information content (AvgIpc) is 2.63. The second-order valence-electron chi connectivity index (χ2n) is 6.56. The Morgan fingerprint density at radius 1 is 0.964 bits per heavy atom. The van der Waals surface area contributed by atoms with E-state index in [1.54, 1.807) is 0 Å². The van der Waals surface area contributed by atoms with Crippen LogP contribution in [0.25, 0.3) is 0 Å². The third-order valence-electron chi connectivity index (χ3n) is 4.56. The molecule has 0 aliphatic rings. The first kappa shape index (κ1) is 22.4. The molecular formula is C19H27N3O4S2. The monoisotopic (exact) mass is 425 g/mol. The van der Waals surface area contributed by atoms with Gasteiger partial charge < -0.3 is 5.32 Å². The maximum absolute atomic E-state index is 12.2. The topological polar surface area (TPSA) is 110 Å². The minimum absolute atomic E-state index is 0.0970. The molecule has 0 spiro atoms. The van der Waals surface area contributed by atoms with Gasteiger partial charge in [0.2, 0.25) is 10.0 Å². The Kier molecular flexibility index (Phi) is 7.22. The predicted molar refractivity (Wildman–Crippen MR) is 111 cm³/mol. The van der Waals surface area contributed by atoms with Gasteiger partial charge in [0.1, 0.15) is 0 Å². The first-order chi connectivity index (χ1) is 13.1. The van der Waals surface area contributed by atoms with Crippen molar-refractivity contribution in [2.24, 2.45) is 5.14 Å². The minimum atomic E-state index is -3.99. The fourth-order valence-electron chi connectivity index (χ4n) is 2.90. The summed E-state index contributed by atoms with van der Waals surface area (Å²) in [5, 5.41) is 8.26. The van der Waals surface area contributed by atoms with Gasteiger partial charge in [0, 0.05) is 19.3 Å². The van der Waals surface area contributed by atoms with Crippen LogP contribution in [0.5, 0.6) is 0 Å². The van der Waals surface area contributed by atoms with E-state index in [0.29, 0.717) is 12.2 Å². The number of nitrogens with zero attached hydrogens (tertiary/aromatic N) is 1. The lowest BCUT2D eigenvalue weighted by molar-refractivity contribution is 0.295. The van der Waals surface area contributed by atoms with Gasteiger partial charge in [-0.15, -0.1) is 0 Å². The summed E-state index contributed by atoms with van der Waals surface area (Å²) in [5.74, 6) is 0. The number of primary sulfonamides is 1. The highest BCUT2D eigenvalue weighted by Crippen LogP contribution is 2.25. The van der Waals surface area contributed by atoms with Crippen molar-refractivity contribution in [2.75, 3.05) is 24.7 Å². The van der Waals surface area contributed by atoms with E-state index in [0.717, 1.165) is 43.1 Å². The van der Waals surface area contributed by atoms with Crippen molar-refractivity contribution in [3.05, 3.63) is 53.6 Å². The predicted octanol–water partition coefficient (Wildman–Crippen LogP) is 2.19. The van der Waals surface area contributed by atoms with Crippen LogP contribution in [0.2, 0.25) is 0 Å². The van der Waals surface area contributed by atoms with E-state index in [2.05, 4.69) is 30.1 Å². The molecule has 2 aromatic rings. The first-order valence-electron chi connectivity index (χ1n) is 8.96. The number of sulfone groups is 1. The Morgan fingerprint density at radius 3 is 2.11 bits per heavy atom. The number of hydrogen-bond donors (Lipinski definition) is 2. The van der Waals surface area contributed by atoms with Crippen LogP contribution in [-0.4, -0.2) is 41.1 Å². The second kappa shape index (κ2) is 9.04. The highest BCUT2D eigenvalue weighted by molar-refractivity contribution is 7.91. The molecule has 9 heteroatoms. The molecule has 0 amide bonds. The molecule has 154 valence electrons. The summed E-state index contributed by atoms with van der Waals surface area (Å²) in [6.45, 7) is 7.30. The third-order valence-corrected chi connectivity index (χ3v) is 6.60. The molecule has 0 radical (unpaired) electrons. The van der Waals surface area contributed by atoms with Crippen molar-refractivity contribution >= 4 is 25.5 Å². The van der Waals surface area contributed by atoms with Crippen LogP contribution in [0, 0.1) is 0 Å². The molecule has 3 N–H and O–H groups in total. The molecule has 0 aromatic heterocycles. The summed E-state index contributed by atoms with van der Waals surface area (Å²) in [7, 11) is -7.64. The van der Waals surface area contributed by atoms with Crippen LogP contribution < -0.4 is 10.5 Å². The standard InChI is InChI=1S/C19H27N3O4S2/c1-4-22(5-2)14-16-9-7-6-8-15(16)13-21-18-11-10-17(28(20,25)26)12-19(18)27(3,23)24/h6-12,21H,4-5,13-14H2,1-3H3,(H2,20,25,26). The van der Waals surface area contributed by atoms with Crippen LogP contribution in [0.15, 0.2) is 52.3 Å². The SMILES string of the molecule is CCN(CC)Cc1ccccc1CNc1ccc(S(N)(=O)=O)cc1S(C)(=O)=O. The van der Waals surface area contributed by atoms with Crippen LogP contribution in [0.3, 0.4) is 0 Å². The Balaban J connectivity index is 2.33. The van der Waals surface area contributed by atoms with E-state index in [9.17, 15) is 16.8 Å². The number of nitrogens with two attached hydrogens (primary N) is 1. The molecular weight excluding hydrogens is 398 g/mol. The van der Waals surface area contributed by atoms with E-state index < -0.39 is 19.9 Å². The number of benzene rings is 2. The van der Waals surface area contributed by atoms with E-state index in [-0.39, 0.29) is 9.79 Å². The number of sulfonamides is 1. The van der Waals surface area contributed by atoms with Crippen LogP contribution in [0.1, 0.15) is 25.0 Å². The third kappa shape index (κ3) is 5.78. The molecule has 0 aliphatic heterocycles. The first-order valence-corrected chi connectivity index (χ1v) is 12.4. The summed E-state index contributed by atoms with van der Waals surface area (Å²) in [5.41, 5.74) is 2.54. The van der Waals surface area contributed by atoms with E-state index in [1.807, 2.05) is 18.2 Å². The number of hydrogen-bond acceptors (Lipinski definition) is 6. The van der Waals surface area contributed by atoms with Crippen molar-refractivity contribution < 1.29 is 16.8 Å². The van der Waals surface area contributed by atoms with E-state index in [4.69, 9.17) is 5.14 Å². The van der Waals surface area contributed by atoms with Crippen LogP contribution in [0.4, 0.5) is 5.69 Å². The Morgan fingerprint density at radius 2 is 1.57 bits per heavy atom. The highest BCUT2D eigenvalue weighted by atomic mass is 32.2. The molecule has 0 fully saturated rings. The molecule has 7 nitrogen and oxygen atoms in total. The van der Waals surface area contributed by atoms with E-state index >= 15 is 0 Å². The van der Waals surface area contributed by atoms with Gasteiger partial charge in [-0.25, -0.2) is 22.0 Å². The van der Waals surface area contributed by atoms with Crippen LogP contribution in [-0.2, 0) is 33.0 Å². The lowest BCUT2D eigenvalue weighted by Crippen LogP contribution is -2.23. The zero-order chi connectivity index (χ0) is 20.9. The van der Waals surface area contributed by atoms with Crippen molar-refractivity contribution in [2.45, 2.75) is 36.7 Å². The van der Waals surface area contributed by atoms with Crippen molar-refractivity contribution in [3.8, 4) is 0 Å². The molecule has 0 bridgehead atoms. The maximum atomic E-state index is 12.2. The molecule has 0 unspecified atom stereocenters. The molecule has 0 atom stereocenters. The van der Waals surface area contributed by atoms with Gasteiger partial charge in [-0.2, -0.15) is 0 Å². The Labute approximate surface area is 167 Å². The summed E-state index contributed by atoms with van der Waals surface area (Å²) < 4.78 is 47.4. The molecule has 0 saturated heterocycles. The number of anilines is 1. The molecule has 28 heavy (non-hydrogen) atoms. The molecule has 0 heterocycles. The normalized spacial score (nSPS) is 12.3. The molecule has 2 rings (SSSR count). The zero-order valence-corrected chi connectivity index (χ0v) is 18.0. The van der Waals surface area contributed by atoms with Gasteiger partial charge in [-0.05, 0) is 42.4 Å². The second-order valence-corrected chi connectivity index (χ2v) is 10.1.